The van der Waals surface area contributed by atoms with Gasteiger partial charge in [-0.2, -0.15) is 0 Å². The summed E-state index contributed by atoms with van der Waals surface area (Å²) in [6.45, 7) is 4.69. The molecule has 4 rings (SSSR count). The summed E-state index contributed by atoms with van der Waals surface area (Å²) in [6, 6.07) is 25.8. The van der Waals surface area contributed by atoms with E-state index in [9.17, 15) is 13.5 Å². The predicted octanol–water partition coefficient (Wildman–Crippen LogP) is 4.23. The highest BCUT2D eigenvalue weighted by molar-refractivity contribution is 7.91. The molecule has 1 N–H and O–H groups in total. The summed E-state index contributed by atoms with van der Waals surface area (Å²) in [5.41, 5.74) is 3.94. The van der Waals surface area contributed by atoms with Crippen molar-refractivity contribution in [2.45, 2.75) is 30.7 Å². The third kappa shape index (κ3) is 4.45. The molecule has 1 aliphatic rings. The normalized spacial score (nSPS) is 17.3. The first kappa shape index (κ1) is 21.8. The Balaban J connectivity index is 1.68. The van der Waals surface area contributed by atoms with Gasteiger partial charge in [0, 0.05) is 19.3 Å². The number of likely N-dealkylation sites (tertiary alicyclic amines) is 1. The van der Waals surface area contributed by atoms with Crippen LogP contribution >= 0.6 is 0 Å². The molecule has 1 atom stereocenters. The molecule has 3 aromatic rings. The Hall–Kier alpha value is -2.47. The molecule has 1 aliphatic heterocycles. The van der Waals surface area contributed by atoms with Gasteiger partial charge < -0.3 is 5.11 Å². The van der Waals surface area contributed by atoms with E-state index in [1.54, 1.807) is 12.1 Å². The molecule has 0 amide bonds. The number of aliphatic hydroxyl groups is 1. The summed E-state index contributed by atoms with van der Waals surface area (Å²) in [7, 11) is -3.50. The van der Waals surface area contributed by atoms with E-state index >= 15 is 0 Å². The molecule has 0 aliphatic carbocycles. The summed E-state index contributed by atoms with van der Waals surface area (Å²) >= 11 is 0. The summed E-state index contributed by atoms with van der Waals surface area (Å²) in [6.07, 6.45) is 1.21. The van der Waals surface area contributed by atoms with Gasteiger partial charge in [-0.3, -0.25) is 4.90 Å². The van der Waals surface area contributed by atoms with E-state index in [0.717, 1.165) is 11.1 Å². The lowest BCUT2D eigenvalue weighted by atomic mass is 9.82. The molecule has 1 saturated heterocycles. The van der Waals surface area contributed by atoms with E-state index < -0.39 is 20.7 Å². The largest absolute Gasteiger partial charge is 0.385 e. The van der Waals surface area contributed by atoms with Crippen molar-refractivity contribution in [3.63, 3.8) is 0 Å². The van der Waals surface area contributed by atoms with Crippen LogP contribution in [0.5, 0.6) is 0 Å². The predicted molar refractivity (Wildman–Crippen MR) is 125 cm³/mol. The molecule has 162 valence electrons. The standard InChI is InChI=1S/C26H29NO3S/c1-19-9-13-21(14-10-19)24(22-15-11-20(2)12-16-22)27-17-26(28,18-27)25(31(3,29)30)23-7-5-4-6-8-23/h4-16,24-25,28H,17-18H2,1-3H3. The van der Waals surface area contributed by atoms with Crippen LogP contribution in [0.25, 0.3) is 0 Å². The van der Waals surface area contributed by atoms with Crippen LogP contribution in [0.2, 0.25) is 0 Å². The van der Waals surface area contributed by atoms with E-state index in [4.69, 9.17) is 0 Å². The van der Waals surface area contributed by atoms with Gasteiger partial charge in [-0.25, -0.2) is 8.42 Å². The van der Waals surface area contributed by atoms with Crippen molar-refractivity contribution in [2.24, 2.45) is 0 Å². The first-order chi connectivity index (χ1) is 14.7. The number of hydrogen-bond acceptors (Lipinski definition) is 4. The van der Waals surface area contributed by atoms with Crippen LogP contribution in [0.15, 0.2) is 78.9 Å². The van der Waals surface area contributed by atoms with Crippen molar-refractivity contribution in [1.82, 2.24) is 4.90 Å². The smallest absolute Gasteiger partial charge is 0.157 e. The minimum absolute atomic E-state index is 0.0440. The van der Waals surface area contributed by atoms with Crippen molar-refractivity contribution < 1.29 is 13.5 Å². The Morgan fingerprint density at radius 1 is 0.774 bits per heavy atom. The highest BCUT2D eigenvalue weighted by Gasteiger charge is 2.54. The average Bonchev–Trinajstić information content (AvgIpc) is 2.69. The minimum atomic E-state index is -3.50. The molecule has 1 fully saturated rings. The quantitative estimate of drug-likeness (QED) is 0.630. The molecule has 0 aromatic heterocycles. The SMILES string of the molecule is Cc1ccc(C(c2ccc(C)cc2)N2CC(O)(C(c3ccccc3)S(C)(=O)=O)C2)cc1. The topological polar surface area (TPSA) is 57.6 Å². The lowest BCUT2D eigenvalue weighted by molar-refractivity contribution is -0.112. The zero-order chi connectivity index (χ0) is 22.2. The van der Waals surface area contributed by atoms with Gasteiger partial charge in [0.25, 0.3) is 0 Å². The molecule has 0 saturated carbocycles. The fourth-order valence-corrected chi connectivity index (χ4v) is 6.30. The van der Waals surface area contributed by atoms with Crippen LogP contribution < -0.4 is 0 Å². The average molecular weight is 436 g/mol. The second-order valence-corrected chi connectivity index (χ2v) is 11.0. The summed E-state index contributed by atoms with van der Waals surface area (Å²) < 4.78 is 25.4. The van der Waals surface area contributed by atoms with Gasteiger partial charge >= 0.3 is 0 Å². The van der Waals surface area contributed by atoms with Gasteiger partial charge in [-0.1, -0.05) is 90.0 Å². The number of hydrogen-bond donors (Lipinski definition) is 1. The van der Waals surface area contributed by atoms with Crippen molar-refractivity contribution in [1.29, 1.82) is 0 Å². The van der Waals surface area contributed by atoms with Crippen LogP contribution in [0.1, 0.15) is 39.1 Å². The Morgan fingerprint density at radius 3 is 1.65 bits per heavy atom. The lowest BCUT2D eigenvalue weighted by Crippen LogP contribution is -2.66. The molecule has 1 heterocycles. The van der Waals surface area contributed by atoms with Gasteiger partial charge in [-0.15, -0.1) is 0 Å². The number of benzene rings is 3. The van der Waals surface area contributed by atoms with Crippen LogP contribution in [0.4, 0.5) is 0 Å². The van der Waals surface area contributed by atoms with Gasteiger partial charge in [-0.05, 0) is 30.5 Å². The Bertz CT molecular complexity index is 1090. The number of nitrogens with zero attached hydrogens (tertiary/aromatic N) is 1. The third-order valence-electron chi connectivity index (χ3n) is 6.12. The van der Waals surface area contributed by atoms with E-state index in [1.807, 2.05) is 18.2 Å². The summed E-state index contributed by atoms with van der Waals surface area (Å²) in [5, 5.41) is 10.5. The maximum Gasteiger partial charge on any atom is 0.157 e. The van der Waals surface area contributed by atoms with Crippen molar-refractivity contribution in [2.75, 3.05) is 19.3 Å². The van der Waals surface area contributed by atoms with Gasteiger partial charge in [0.2, 0.25) is 0 Å². The second-order valence-electron chi connectivity index (χ2n) is 8.85. The highest BCUT2D eigenvalue weighted by Crippen LogP contribution is 2.44. The first-order valence-corrected chi connectivity index (χ1v) is 12.5. The number of aryl methyl sites for hydroxylation is 2. The maximum atomic E-state index is 12.7. The van der Waals surface area contributed by atoms with E-state index in [0.29, 0.717) is 5.56 Å². The molecule has 0 radical (unpaired) electrons. The fraction of sp³-hybridized carbons (Fsp3) is 0.308. The molecule has 4 nitrogen and oxygen atoms in total. The third-order valence-corrected chi connectivity index (χ3v) is 7.69. The molecule has 3 aromatic carbocycles. The summed E-state index contributed by atoms with van der Waals surface area (Å²) in [5.74, 6) is 0. The van der Waals surface area contributed by atoms with E-state index in [-0.39, 0.29) is 19.1 Å². The highest BCUT2D eigenvalue weighted by atomic mass is 32.2. The second kappa shape index (κ2) is 8.23. The minimum Gasteiger partial charge on any atom is -0.385 e. The molecule has 31 heavy (non-hydrogen) atoms. The van der Waals surface area contributed by atoms with E-state index in [1.165, 1.54) is 17.4 Å². The number of β-amino-alcohol motifs (C(OH)–C–C–N with tert-alkyl or cyclic N) is 1. The Morgan fingerprint density at radius 2 is 1.23 bits per heavy atom. The summed E-state index contributed by atoms with van der Waals surface area (Å²) in [4.78, 5) is 2.16. The van der Waals surface area contributed by atoms with Crippen LogP contribution in [0, 0.1) is 13.8 Å². The number of sulfone groups is 1. The Kier molecular flexibility index (Phi) is 5.77. The van der Waals surface area contributed by atoms with Gasteiger partial charge in [0.05, 0.1) is 6.04 Å². The van der Waals surface area contributed by atoms with Crippen LogP contribution in [-0.2, 0) is 9.84 Å². The molecule has 5 heteroatoms. The maximum absolute atomic E-state index is 12.7. The van der Waals surface area contributed by atoms with E-state index in [2.05, 4.69) is 67.3 Å². The zero-order valence-electron chi connectivity index (χ0n) is 18.2. The lowest BCUT2D eigenvalue weighted by Gasteiger charge is -2.53. The molecule has 0 spiro atoms. The Labute approximate surface area is 185 Å². The molecular formula is C26H29NO3S. The van der Waals surface area contributed by atoms with Crippen molar-refractivity contribution in [3.05, 3.63) is 107 Å². The monoisotopic (exact) mass is 435 g/mol. The van der Waals surface area contributed by atoms with Crippen molar-refractivity contribution in [3.8, 4) is 0 Å². The van der Waals surface area contributed by atoms with Crippen LogP contribution in [-0.4, -0.2) is 43.4 Å². The van der Waals surface area contributed by atoms with Crippen LogP contribution in [0.3, 0.4) is 0 Å². The van der Waals surface area contributed by atoms with Gasteiger partial charge in [0.15, 0.2) is 9.84 Å². The van der Waals surface area contributed by atoms with Gasteiger partial charge in [0.1, 0.15) is 10.9 Å². The zero-order valence-corrected chi connectivity index (χ0v) is 19.0. The first-order valence-electron chi connectivity index (χ1n) is 10.5. The molecule has 1 unspecified atom stereocenters. The number of rotatable bonds is 6. The fourth-order valence-electron chi connectivity index (χ4n) is 4.70. The molecular weight excluding hydrogens is 406 g/mol. The van der Waals surface area contributed by atoms with Crippen molar-refractivity contribution >= 4 is 9.84 Å². The molecule has 0 bridgehead atoms.